The molecular formula is C15H29N3O. The number of nitrogens with zero attached hydrogens (tertiary/aromatic N) is 2. The Balaban J connectivity index is 1.40. The lowest BCUT2D eigenvalue weighted by atomic mass is 9.87. The highest BCUT2D eigenvalue weighted by atomic mass is 16.5. The summed E-state index contributed by atoms with van der Waals surface area (Å²) in [6, 6.07) is 1.61. The molecule has 0 spiro atoms. The molecule has 0 aromatic carbocycles. The predicted molar refractivity (Wildman–Crippen MR) is 77.5 cm³/mol. The zero-order valence-electron chi connectivity index (χ0n) is 12.1. The largest absolute Gasteiger partial charge is 0.379 e. The summed E-state index contributed by atoms with van der Waals surface area (Å²) in [6.07, 6.45) is 6.99. The molecule has 4 nitrogen and oxygen atoms in total. The Morgan fingerprint density at radius 2 is 1.84 bits per heavy atom. The average Bonchev–Trinajstić information content (AvgIpc) is 2.49. The van der Waals surface area contributed by atoms with Crippen LogP contribution in [0.15, 0.2) is 0 Å². The first-order valence-electron chi connectivity index (χ1n) is 8.21. The minimum Gasteiger partial charge on any atom is -0.379 e. The number of hydrogen-bond donors (Lipinski definition) is 1. The molecule has 4 heteroatoms. The Hall–Kier alpha value is -0.160. The molecule has 3 rings (SSSR count). The van der Waals surface area contributed by atoms with E-state index in [1.165, 1.54) is 58.3 Å². The maximum atomic E-state index is 5.41. The van der Waals surface area contributed by atoms with Crippen molar-refractivity contribution in [3.05, 3.63) is 0 Å². The first-order chi connectivity index (χ1) is 9.43. The van der Waals surface area contributed by atoms with Gasteiger partial charge in [0.1, 0.15) is 0 Å². The molecule has 0 unspecified atom stereocenters. The average molecular weight is 267 g/mol. The van der Waals surface area contributed by atoms with Gasteiger partial charge in [-0.15, -0.1) is 0 Å². The second-order valence-electron chi connectivity index (χ2n) is 6.26. The molecule has 2 aliphatic heterocycles. The topological polar surface area (TPSA) is 27.7 Å². The Morgan fingerprint density at radius 3 is 2.74 bits per heavy atom. The molecule has 2 heterocycles. The molecule has 2 atom stereocenters. The van der Waals surface area contributed by atoms with E-state index in [0.29, 0.717) is 0 Å². The maximum absolute atomic E-state index is 5.41. The molecule has 0 amide bonds. The fourth-order valence-electron chi connectivity index (χ4n) is 3.95. The van der Waals surface area contributed by atoms with Crippen molar-refractivity contribution in [2.24, 2.45) is 0 Å². The molecular weight excluding hydrogens is 238 g/mol. The van der Waals surface area contributed by atoms with Gasteiger partial charge in [-0.2, -0.15) is 0 Å². The maximum Gasteiger partial charge on any atom is 0.0594 e. The number of rotatable bonds is 4. The van der Waals surface area contributed by atoms with Crippen LogP contribution in [0.4, 0.5) is 0 Å². The minimum absolute atomic E-state index is 0.783. The third-order valence-corrected chi connectivity index (χ3v) is 5.03. The summed E-state index contributed by atoms with van der Waals surface area (Å²) < 4.78 is 5.41. The number of morpholine rings is 1. The summed E-state index contributed by atoms with van der Waals surface area (Å²) in [7, 11) is 0. The zero-order valence-corrected chi connectivity index (χ0v) is 12.1. The van der Waals surface area contributed by atoms with Gasteiger partial charge in [-0.05, 0) is 32.4 Å². The van der Waals surface area contributed by atoms with Crippen molar-refractivity contribution in [2.75, 3.05) is 52.5 Å². The van der Waals surface area contributed by atoms with Crippen molar-refractivity contribution in [1.82, 2.24) is 15.1 Å². The molecule has 0 radical (unpaired) electrons. The lowest BCUT2D eigenvalue weighted by Gasteiger charge is -2.45. The van der Waals surface area contributed by atoms with E-state index < -0.39 is 0 Å². The second-order valence-corrected chi connectivity index (χ2v) is 6.26. The molecule has 2 saturated heterocycles. The van der Waals surface area contributed by atoms with Crippen molar-refractivity contribution < 1.29 is 4.74 Å². The van der Waals surface area contributed by atoms with Crippen LogP contribution in [0.3, 0.4) is 0 Å². The zero-order chi connectivity index (χ0) is 12.9. The quantitative estimate of drug-likeness (QED) is 0.820. The van der Waals surface area contributed by atoms with Crippen LogP contribution in [0.1, 0.15) is 32.1 Å². The van der Waals surface area contributed by atoms with Gasteiger partial charge in [0.25, 0.3) is 0 Å². The molecule has 3 fully saturated rings. The Bertz CT molecular complexity index is 266. The van der Waals surface area contributed by atoms with E-state index >= 15 is 0 Å². The third-order valence-electron chi connectivity index (χ3n) is 5.03. The molecule has 110 valence electrons. The first-order valence-corrected chi connectivity index (χ1v) is 8.21. The summed E-state index contributed by atoms with van der Waals surface area (Å²) in [5, 5.41) is 3.72. The van der Waals surface area contributed by atoms with Gasteiger partial charge in [0.2, 0.25) is 0 Å². The van der Waals surface area contributed by atoms with E-state index in [-0.39, 0.29) is 0 Å². The Morgan fingerprint density at radius 1 is 1.00 bits per heavy atom. The van der Waals surface area contributed by atoms with Gasteiger partial charge in [-0.25, -0.2) is 0 Å². The van der Waals surface area contributed by atoms with Gasteiger partial charge in [0.15, 0.2) is 0 Å². The Kier molecular flexibility index (Phi) is 5.10. The number of hydrogen-bond acceptors (Lipinski definition) is 4. The third kappa shape index (κ3) is 3.69. The van der Waals surface area contributed by atoms with Crippen LogP contribution in [0.5, 0.6) is 0 Å². The van der Waals surface area contributed by atoms with Gasteiger partial charge in [0.05, 0.1) is 13.2 Å². The first kappa shape index (κ1) is 13.8. The monoisotopic (exact) mass is 267 g/mol. The summed E-state index contributed by atoms with van der Waals surface area (Å²) in [5.41, 5.74) is 0. The molecule has 1 aliphatic carbocycles. The molecule has 19 heavy (non-hydrogen) atoms. The molecule has 0 aromatic heterocycles. The highest BCUT2D eigenvalue weighted by Gasteiger charge is 2.32. The van der Waals surface area contributed by atoms with Crippen molar-refractivity contribution in [3.8, 4) is 0 Å². The molecule has 1 N–H and O–H groups in total. The van der Waals surface area contributed by atoms with Crippen molar-refractivity contribution in [2.45, 2.75) is 44.2 Å². The van der Waals surface area contributed by atoms with Crippen LogP contribution in [0, 0.1) is 0 Å². The van der Waals surface area contributed by atoms with Crippen LogP contribution in [0.25, 0.3) is 0 Å². The Labute approximate surface area is 117 Å². The van der Waals surface area contributed by atoms with E-state index in [9.17, 15) is 0 Å². The van der Waals surface area contributed by atoms with Crippen molar-refractivity contribution in [1.29, 1.82) is 0 Å². The van der Waals surface area contributed by atoms with Crippen LogP contribution < -0.4 is 5.32 Å². The fourth-order valence-corrected chi connectivity index (χ4v) is 3.95. The van der Waals surface area contributed by atoms with E-state index in [1.54, 1.807) is 0 Å². The van der Waals surface area contributed by atoms with Crippen molar-refractivity contribution in [3.63, 3.8) is 0 Å². The smallest absolute Gasteiger partial charge is 0.0594 e. The highest BCUT2D eigenvalue weighted by Crippen LogP contribution is 2.25. The van der Waals surface area contributed by atoms with E-state index in [2.05, 4.69) is 15.1 Å². The van der Waals surface area contributed by atoms with Gasteiger partial charge < -0.3 is 10.1 Å². The van der Waals surface area contributed by atoms with Crippen molar-refractivity contribution >= 4 is 0 Å². The van der Waals surface area contributed by atoms with Gasteiger partial charge in [-0.3, -0.25) is 9.80 Å². The summed E-state index contributed by atoms with van der Waals surface area (Å²) in [4.78, 5) is 5.32. The van der Waals surface area contributed by atoms with Crippen LogP contribution >= 0.6 is 0 Å². The summed E-state index contributed by atoms with van der Waals surface area (Å²) in [5.74, 6) is 0. The number of ether oxygens (including phenoxy) is 1. The molecule has 1 saturated carbocycles. The molecule has 0 bridgehead atoms. The van der Waals surface area contributed by atoms with E-state index in [0.717, 1.165) is 38.4 Å². The van der Waals surface area contributed by atoms with Crippen LogP contribution in [-0.4, -0.2) is 74.4 Å². The number of fused-ring (bicyclic) bond motifs is 1. The SMILES string of the molecule is C1CC[C@H]2[C@@H](C1)NCCN2CCCN1CCOCC1. The minimum atomic E-state index is 0.783. The van der Waals surface area contributed by atoms with Crippen LogP contribution in [-0.2, 0) is 4.74 Å². The lowest BCUT2D eigenvalue weighted by Crippen LogP contribution is -2.59. The summed E-state index contributed by atoms with van der Waals surface area (Å²) >= 11 is 0. The summed E-state index contributed by atoms with van der Waals surface area (Å²) in [6.45, 7) is 9.12. The number of piperazine rings is 1. The standard InChI is InChI=1S/C15H29N3O/c1-2-5-15-14(4-1)16-6-9-18(15)8-3-7-17-10-12-19-13-11-17/h14-16H,1-13H2/t14-,15+/m1/s1. The van der Waals surface area contributed by atoms with Gasteiger partial charge in [-0.1, -0.05) is 12.8 Å². The van der Waals surface area contributed by atoms with E-state index in [1.807, 2.05) is 0 Å². The highest BCUT2D eigenvalue weighted by molar-refractivity contribution is 4.92. The van der Waals surface area contributed by atoms with E-state index in [4.69, 9.17) is 4.74 Å². The second kappa shape index (κ2) is 7.02. The molecule has 0 aromatic rings. The normalized spacial score (nSPS) is 34.1. The predicted octanol–water partition coefficient (Wildman–Crippen LogP) is 0.925. The molecule has 3 aliphatic rings. The number of nitrogens with one attached hydrogen (secondary N) is 1. The van der Waals surface area contributed by atoms with Gasteiger partial charge >= 0.3 is 0 Å². The van der Waals surface area contributed by atoms with Crippen LogP contribution in [0.2, 0.25) is 0 Å². The fraction of sp³-hybridized carbons (Fsp3) is 1.00. The lowest BCUT2D eigenvalue weighted by molar-refractivity contribution is 0.0325. The van der Waals surface area contributed by atoms with Gasteiger partial charge in [0, 0.05) is 38.3 Å².